The van der Waals surface area contributed by atoms with Crippen LogP contribution in [0.1, 0.15) is 6.42 Å². The van der Waals surface area contributed by atoms with E-state index in [1.807, 2.05) is 0 Å². The van der Waals surface area contributed by atoms with E-state index >= 15 is 0 Å². The molecule has 0 unspecified atom stereocenters. The quantitative estimate of drug-likeness (QED) is 0.536. The number of likely N-dealkylation sites (N-methyl/N-ethyl adjacent to an activating group) is 1. The lowest BCUT2D eigenvalue weighted by Gasteiger charge is -2.11. The van der Waals surface area contributed by atoms with Gasteiger partial charge in [-0.05, 0) is 7.05 Å². The molecule has 0 aliphatic heterocycles. The highest BCUT2D eigenvalue weighted by Gasteiger charge is 2.00. The molecule has 0 saturated carbocycles. The van der Waals surface area contributed by atoms with Gasteiger partial charge in [0.1, 0.15) is 6.29 Å². The summed E-state index contributed by atoms with van der Waals surface area (Å²) in [7, 11) is 3.40. The van der Waals surface area contributed by atoms with Crippen molar-refractivity contribution in [3.8, 4) is 0 Å². The predicted octanol–water partition coefficient (Wildman–Crippen LogP) is -0.747. The van der Waals surface area contributed by atoms with Gasteiger partial charge >= 0.3 is 0 Å². The van der Waals surface area contributed by atoms with E-state index in [2.05, 4.69) is 5.32 Å². The molecule has 64 valence electrons. The molecule has 4 nitrogen and oxygen atoms in total. The summed E-state index contributed by atoms with van der Waals surface area (Å²) in [6, 6.07) is 0. The van der Waals surface area contributed by atoms with E-state index in [-0.39, 0.29) is 5.91 Å². The van der Waals surface area contributed by atoms with Crippen molar-refractivity contribution in [3.63, 3.8) is 0 Å². The van der Waals surface area contributed by atoms with E-state index in [4.69, 9.17) is 0 Å². The van der Waals surface area contributed by atoms with Gasteiger partial charge in [-0.1, -0.05) is 0 Å². The molecule has 0 rings (SSSR count). The Balaban J connectivity index is 3.36. The van der Waals surface area contributed by atoms with Crippen molar-refractivity contribution < 1.29 is 9.59 Å². The lowest BCUT2D eigenvalue weighted by atomic mass is 10.4. The second kappa shape index (κ2) is 5.85. The Bertz CT molecular complexity index is 136. The van der Waals surface area contributed by atoms with Crippen LogP contribution < -0.4 is 5.32 Å². The predicted molar refractivity (Wildman–Crippen MR) is 42.2 cm³/mol. The summed E-state index contributed by atoms with van der Waals surface area (Å²) in [6.07, 6.45) is 1.27. The Hall–Kier alpha value is -0.900. The van der Waals surface area contributed by atoms with Gasteiger partial charge < -0.3 is 10.1 Å². The molecule has 0 saturated heterocycles. The van der Waals surface area contributed by atoms with Crippen molar-refractivity contribution in [1.29, 1.82) is 0 Å². The topological polar surface area (TPSA) is 49.4 Å². The van der Waals surface area contributed by atoms with Gasteiger partial charge in [0.05, 0.1) is 6.54 Å². The molecular formula is C7H14N2O2. The first-order valence-electron chi connectivity index (χ1n) is 3.53. The average Bonchev–Trinajstić information content (AvgIpc) is 2.01. The van der Waals surface area contributed by atoms with Crippen molar-refractivity contribution in [1.82, 2.24) is 10.2 Å². The molecule has 1 amide bonds. The second-order valence-electron chi connectivity index (χ2n) is 2.35. The number of nitrogens with one attached hydrogen (secondary N) is 1. The molecule has 0 aliphatic rings. The summed E-state index contributed by atoms with van der Waals surface area (Å²) in [5.74, 6) is 0.00255. The number of hydrogen-bond acceptors (Lipinski definition) is 3. The van der Waals surface area contributed by atoms with Gasteiger partial charge in [-0.3, -0.25) is 9.69 Å². The lowest BCUT2D eigenvalue weighted by Crippen LogP contribution is -2.27. The van der Waals surface area contributed by atoms with Crippen molar-refractivity contribution in [3.05, 3.63) is 0 Å². The van der Waals surface area contributed by atoms with Crippen LogP contribution in [0.5, 0.6) is 0 Å². The third-order valence-electron chi connectivity index (χ3n) is 1.39. The highest BCUT2D eigenvalue weighted by Crippen LogP contribution is 1.84. The molecular weight excluding hydrogens is 144 g/mol. The molecule has 0 fully saturated rings. The van der Waals surface area contributed by atoms with E-state index in [0.29, 0.717) is 19.5 Å². The van der Waals surface area contributed by atoms with Crippen LogP contribution in [-0.4, -0.2) is 44.3 Å². The molecule has 0 heterocycles. The van der Waals surface area contributed by atoms with Crippen LogP contribution in [0.3, 0.4) is 0 Å². The monoisotopic (exact) mass is 158 g/mol. The van der Waals surface area contributed by atoms with E-state index in [1.165, 1.54) is 0 Å². The highest BCUT2D eigenvalue weighted by molar-refractivity contribution is 5.75. The van der Waals surface area contributed by atoms with E-state index in [0.717, 1.165) is 6.29 Å². The summed E-state index contributed by atoms with van der Waals surface area (Å²) in [4.78, 5) is 22.5. The lowest BCUT2D eigenvalue weighted by molar-refractivity contribution is -0.121. The molecule has 0 aromatic carbocycles. The van der Waals surface area contributed by atoms with E-state index in [1.54, 1.807) is 19.0 Å². The smallest absolute Gasteiger partial charge is 0.221 e. The van der Waals surface area contributed by atoms with Crippen LogP contribution >= 0.6 is 0 Å². The van der Waals surface area contributed by atoms with Gasteiger partial charge in [-0.15, -0.1) is 0 Å². The van der Waals surface area contributed by atoms with Crippen LogP contribution in [0.15, 0.2) is 0 Å². The summed E-state index contributed by atoms with van der Waals surface area (Å²) in [6.45, 7) is 1.01. The zero-order valence-electron chi connectivity index (χ0n) is 6.96. The third-order valence-corrected chi connectivity index (χ3v) is 1.39. The van der Waals surface area contributed by atoms with Gasteiger partial charge in [0, 0.05) is 20.0 Å². The van der Waals surface area contributed by atoms with Crippen LogP contribution in [0.25, 0.3) is 0 Å². The van der Waals surface area contributed by atoms with Crippen LogP contribution in [-0.2, 0) is 9.59 Å². The van der Waals surface area contributed by atoms with Gasteiger partial charge in [0.15, 0.2) is 0 Å². The van der Waals surface area contributed by atoms with Crippen molar-refractivity contribution in [2.24, 2.45) is 0 Å². The summed E-state index contributed by atoms with van der Waals surface area (Å²) in [5.41, 5.74) is 0. The van der Waals surface area contributed by atoms with E-state index < -0.39 is 0 Å². The van der Waals surface area contributed by atoms with Gasteiger partial charge in [0.25, 0.3) is 0 Å². The maximum atomic E-state index is 10.7. The maximum absolute atomic E-state index is 10.7. The number of carbonyl (C=O) groups is 2. The summed E-state index contributed by atoms with van der Waals surface area (Å²) in [5, 5.41) is 2.51. The Morgan fingerprint density at radius 1 is 1.64 bits per heavy atom. The number of rotatable bonds is 5. The fourth-order valence-electron chi connectivity index (χ4n) is 0.636. The summed E-state index contributed by atoms with van der Waals surface area (Å²) >= 11 is 0. The summed E-state index contributed by atoms with van der Waals surface area (Å²) < 4.78 is 0. The fourth-order valence-corrected chi connectivity index (χ4v) is 0.636. The van der Waals surface area contributed by atoms with Crippen molar-refractivity contribution in [2.75, 3.05) is 27.2 Å². The zero-order chi connectivity index (χ0) is 8.69. The Labute approximate surface area is 66.6 Å². The fraction of sp³-hybridized carbons (Fsp3) is 0.714. The normalized spacial score (nSPS) is 9.73. The minimum atomic E-state index is 0.00255. The number of amides is 1. The highest BCUT2D eigenvalue weighted by atomic mass is 16.1. The molecule has 4 heteroatoms. The first kappa shape index (κ1) is 10.1. The van der Waals surface area contributed by atoms with Crippen molar-refractivity contribution in [2.45, 2.75) is 6.42 Å². The maximum Gasteiger partial charge on any atom is 0.221 e. The second-order valence-corrected chi connectivity index (χ2v) is 2.35. The molecule has 0 spiro atoms. The largest absolute Gasteiger partial charge is 0.359 e. The molecule has 0 aromatic heterocycles. The molecule has 0 atom stereocenters. The third kappa shape index (κ3) is 5.54. The number of hydrogen-bond donors (Lipinski definition) is 1. The van der Waals surface area contributed by atoms with Crippen LogP contribution in [0, 0.1) is 0 Å². The van der Waals surface area contributed by atoms with Crippen LogP contribution in [0.2, 0.25) is 0 Å². The Morgan fingerprint density at radius 3 is 2.73 bits per heavy atom. The molecule has 11 heavy (non-hydrogen) atoms. The average molecular weight is 158 g/mol. The molecule has 0 aliphatic carbocycles. The van der Waals surface area contributed by atoms with Gasteiger partial charge in [-0.2, -0.15) is 0 Å². The molecule has 0 bridgehead atoms. The first-order chi connectivity index (χ1) is 5.20. The number of carbonyl (C=O) groups excluding carboxylic acids is 2. The molecule has 0 radical (unpaired) electrons. The van der Waals surface area contributed by atoms with Gasteiger partial charge in [-0.25, -0.2) is 0 Å². The molecule has 0 aromatic rings. The Kier molecular flexibility index (Phi) is 5.37. The van der Waals surface area contributed by atoms with E-state index in [9.17, 15) is 9.59 Å². The zero-order valence-corrected chi connectivity index (χ0v) is 6.96. The van der Waals surface area contributed by atoms with Crippen LogP contribution in [0.4, 0.5) is 0 Å². The van der Waals surface area contributed by atoms with Crippen molar-refractivity contribution >= 4 is 12.2 Å². The standard InChI is InChI=1S/C7H14N2O2/c1-8-7(11)3-4-9(2)5-6-10/h6H,3-5H2,1-2H3,(H,8,11). The minimum absolute atomic E-state index is 0.00255. The first-order valence-corrected chi connectivity index (χ1v) is 3.53. The molecule has 1 N–H and O–H groups in total. The minimum Gasteiger partial charge on any atom is -0.359 e. The SMILES string of the molecule is CNC(=O)CCN(C)CC=O. The van der Waals surface area contributed by atoms with Gasteiger partial charge in [0.2, 0.25) is 5.91 Å². The Morgan fingerprint density at radius 2 is 2.27 bits per heavy atom. The number of aldehydes is 1. The number of nitrogens with zero attached hydrogens (tertiary/aromatic N) is 1.